The van der Waals surface area contributed by atoms with Crippen molar-refractivity contribution in [2.45, 2.75) is 50.6 Å². The molecule has 0 saturated heterocycles. The van der Waals surface area contributed by atoms with Gasteiger partial charge < -0.3 is 0 Å². The zero-order valence-corrected chi connectivity index (χ0v) is 39.1. The molecule has 1 aliphatic heterocycles. The van der Waals surface area contributed by atoms with Gasteiger partial charge in [-0.3, -0.25) is 0 Å². The summed E-state index contributed by atoms with van der Waals surface area (Å²) < 4.78 is 0. The van der Waals surface area contributed by atoms with Crippen LogP contribution < -0.4 is 10.4 Å². The zero-order valence-electron chi connectivity index (χ0n) is 38.1. The van der Waals surface area contributed by atoms with Crippen LogP contribution >= 0.6 is 0 Å². The van der Waals surface area contributed by atoms with E-state index in [9.17, 15) is 0 Å². The van der Waals surface area contributed by atoms with Crippen molar-refractivity contribution in [2.75, 3.05) is 0 Å². The predicted molar refractivity (Wildman–Crippen MR) is 278 cm³/mol. The van der Waals surface area contributed by atoms with Gasteiger partial charge in [0.05, 0.1) is 0 Å². The van der Waals surface area contributed by atoms with Gasteiger partial charge in [0.25, 0.3) is 0 Å². The first kappa shape index (κ1) is 39.2. The third-order valence-corrected chi connectivity index (χ3v) is 20.4. The molecule has 322 valence electrons. The van der Waals surface area contributed by atoms with Crippen LogP contribution in [0.3, 0.4) is 0 Å². The molecule has 5 aliphatic carbocycles. The molecule has 1 aromatic heterocycles. The lowest BCUT2D eigenvalue weighted by Crippen LogP contribution is -2.59. The summed E-state index contributed by atoms with van der Waals surface area (Å²) in [5, 5.41) is 3.32. The number of hydrogen-bond acceptors (Lipinski definition) is 3. The summed E-state index contributed by atoms with van der Waals surface area (Å²) in [4.78, 5) is 15.8. The van der Waals surface area contributed by atoms with E-state index in [0.29, 0.717) is 29.3 Å². The summed E-state index contributed by atoms with van der Waals surface area (Å²) in [5.41, 5.74) is 19.5. The van der Waals surface area contributed by atoms with E-state index in [-0.39, 0.29) is 5.41 Å². The SMILES string of the molecule is C[Si]1(C)c2ccccc2-c2cc(-c3ccc(-c4nc(-c5ccccc5)nc(-c5cc(-c6ccccc6)cc(-c6ccccc6)c5)n4)cc3)c3c(c21)C1(c2ccccc2-3)C2CC3CC(C2)CC1C3. The van der Waals surface area contributed by atoms with Crippen molar-refractivity contribution < 1.29 is 0 Å². The molecule has 0 unspecified atom stereocenters. The van der Waals surface area contributed by atoms with Crippen molar-refractivity contribution in [2.24, 2.45) is 23.7 Å². The summed E-state index contributed by atoms with van der Waals surface area (Å²) >= 11 is 0. The lowest BCUT2D eigenvalue weighted by molar-refractivity contribution is -0.0395. The molecule has 9 aromatic rings. The lowest BCUT2D eigenvalue weighted by atomic mass is 9.43. The molecule has 3 nitrogen and oxygen atoms in total. The molecule has 67 heavy (non-hydrogen) atoms. The molecule has 1 spiro atoms. The minimum atomic E-state index is -2.05. The molecule has 4 fully saturated rings. The summed E-state index contributed by atoms with van der Waals surface area (Å²) in [6.07, 6.45) is 6.98. The van der Waals surface area contributed by atoms with Gasteiger partial charge >= 0.3 is 0 Å². The number of rotatable bonds is 6. The Hall–Kier alpha value is -7.01. The molecule has 0 amide bonds. The molecule has 4 bridgehead atoms. The summed E-state index contributed by atoms with van der Waals surface area (Å²) in [7, 11) is -2.05. The fraction of sp³-hybridized carbons (Fsp3) is 0.190. The quantitative estimate of drug-likeness (QED) is 0.156. The van der Waals surface area contributed by atoms with Crippen LogP contribution in [0.5, 0.6) is 0 Å². The van der Waals surface area contributed by atoms with E-state index in [1.807, 2.05) is 6.07 Å². The lowest BCUT2D eigenvalue weighted by Gasteiger charge is -2.61. The molecular formula is C63H51N3Si. The second-order valence-corrected chi connectivity index (χ2v) is 25.1. The number of fused-ring (bicyclic) bond motifs is 7. The average molecular weight is 878 g/mol. The predicted octanol–water partition coefficient (Wildman–Crippen LogP) is 14.4. The van der Waals surface area contributed by atoms with Crippen molar-refractivity contribution in [3.63, 3.8) is 0 Å². The van der Waals surface area contributed by atoms with Crippen molar-refractivity contribution in [1.82, 2.24) is 15.0 Å². The first-order valence-electron chi connectivity index (χ1n) is 24.5. The van der Waals surface area contributed by atoms with Gasteiger partial charge in [-0.2, -0.15) is 0 Å². The first-order chi connectivity index (χ1) is 32.9. The standard InChI is InChI=1S/C63H51N3Si/c1-67(2)56-25-15-13-22-51(56)54-38-53(57-52-23-12-14-24-55(52)63(58(57)59(54)67)49-31-39-30-40(33-49)34-50(63)32-39)43-26-28-45(29-27-43)61-64-60(44-20-10-5-11-21-44)65-62(66-61)48-36-46(41-16-6-3-7-17-41)35-47(37-48)42-18-8-4-9-19-42/h3-29,35-40,49-50H,30-34H2,1-2H3. The van der Waals surface area contributed by atoms with E-state index in [2.05, 4.69) is 195 Å². The second kappa shape index (κ2) is 14.7. The van der Waals surface area contributed by atoms with Crippen LogP contribution in [0.1, 0.15) is 43.2 Å². The molecule has 0 N–H and O–H groups in total. The van der Waals surface area contributed by atoms with Crippen molar-refractivity contribution in [3.05, 3.63) is 199 Å². The number of nitrogens with zero attached hydrogens (tertiary/aromatic N) is 3. The van der Waals surface area contributed by atoms with Gasteiger partial charge in [0.2, 0.25) is 0 Å². The Kier molecular flexibility index (Phi) is 8.62. The van der Waals surface area contributed by atoms with Crippen LogP contribution in [0.25, 0.3) is 89.8 Å². The van der Waals surface area contributed by atoms with Gasteiger partial charge in [-0.15, -0.1) is 0 Å². The molecule has 0 radical (unpaired) electrons. The van der Waals surface area contributed by atoms with Crippen LogP contribution in [0.2, 0.25) is 13.1 Å². The highest BCUT2D eigenvalue weighted by molar-refractivity contribution is 7.04. The van der Waals surface area contributed by atoms with Crippen molar-refractivity contribution in [3.8, 4) is 89.8 Å². The molecule has 0 atom stereocenters. The minimum absolute atomic E-state index is 0.0823. The topological polar surface area (TPSA) is 38.7 Å². The number of benzene rings is 8. The van der Waals surface area contributed by atoms with Crippen LogP contribution in [0, 0.1) is 23.7 Å². The fourth-order valence-corrected chi connectivity index (χ4v) is 17.8. The Labute approximate surface area is 394 Å². The highest BCUT2D eigenvalue weighted by atomic mass is 28.3. The molecular weight excluding hydrogens is 827 g/mol. The van der Waals surface area contributed by atoms with Crippen molar-refractivity contribution >= 4 is 18.4 Å². The Morgan fingerprint density at radius 1 is 0.388 bits per heavy atom. The maximum absolute atomic E-state index is 5.33. The number of aromatic nitrogens is 3. The Morgan fingerprint density at radius 2 is 0.851 bits per heavy atom. The van der Waals surface area contributed by atoms with E-state index in [1.165, 1.54) is 65.5 Å². The highest BCUT2D eigenvalue weighted by Gasteiger charge is 2.63. The molecule has 4 saturated carbocycles. The van der Waals surface area contributed by atoms with Crippen LogP contribution in [-0.2, 0) is 5.41 Å². The smallest absolute Gasteiger partial charge is 0.164 e. The van der Waals surface area contributed by atoms with Gasteiger partial charge in [-0.1, -0.05) is 177 Å². The zero-order chi connectivity index (χ0) is 44.4. The van der Waals surface area contributed by atoms with E-state index in [1.54, 1.807) is 21.5 Å². The van der Waals surface area contributed by atoms with Gasteiger partial charge in [0, 0.05) is 22.1 Å². The normalized spacial score (nSPS) is 22.1. The van der Waals surface area contributed by atoms with Gasteiger partial charge in [-0.05, 0) is 157 Å². The van der Waals surface area contributed by atoms with E-state index < -0.39 is 8.07 Å². The van der Waals surface area contributed by atoms with Crippen LogP contribution in [0.15, 0.2) is 188 Å². The van der Waals surface area contributed by atoms with E-state index >= 15 is 0 Å². The van der Waals surface area contributed by atoms with E-state index in [0.717, 1.165) is 50.8 Å². The summed E-state index contributed by atoms with van der Waals surface area (Å²) in [5.74, 6) is 5.18. The number of hydrogen-bond donors (Lipinski definition) is 0. The third-order valence-electron chi connectivity index (χ3n) is 16.9. The average Bonchev–Trinajstić information content (AvgIpc) is 3.81. The third kappa shape index (κ3) is 5.85. The minimum Gasteiger partial charge on any atom is -0.208 e. The molecule has 2 heterocycles. The second-order valence-electron chi connectivity index (χ2n) is 20.8. The van der Waals surface area contributed by atoms with Gasteiger partial charge in [0.15, 0.2) is 17.5 Å². The Bertz CT molecular complexity index is 3350. The van der Waals surface area contributed by atoms with Crippen LogP contribution in [0.4, 0.5) is 0 Å². The fourth-order valence-electron chi connectivity index (χ4n) is 14.3. The summed E-state index contributed by atoms with van der Waals surface area (Å²) in [6.45, 7) is 5.29. The molecule has 6 aliphatic rings. The first-order valence-corrected chi connectivity index (χ1v) is 27.5. The maximum atomic E-state index is 5.33. The maximum Gasteiger partial charge on any atom is 0.164 e. The monoisotopic (exact) mass is 877 g/mol. The van der Waals surface area contributed by atoms with Crippen LogP contribution in [-0.4, -0.2) is 23.0 Å². The van der Waals surface area contributed by atoms with Gasteiger partial charge in [0.1, 0.15) is 8.07 Å². The molecule has 15 rings (SSSR count). The highest BCUT2D eigenvalue weighted by Crippen LogP contribution is 2.70. The van der Waals surface area contributed by atoms with E-state index in [4.69, 9.17) is 15.0 Å². The summed E-state index contributed by atoms with van der Waals surface area (Å²) in [6, 6.07) is 69.2. The van der Waals surface area contributed by atoms with Crippen molar-refractivity contribution in [1.29, 1.82) is 0 Å². The molecule has 4 heteroatoms. The largest absolute Gasteiger partial charge is 0.208 e. The Balaban J connectivity index is 0.953. The van der Waals surface area contributed by atoms with Gasteiger partial charge in [-0.25, -0.2) is 15.0 Å². The molecule has 8 aromatic carbocycles. The Morgan fingerprint density at radius 3 is 1.45 bits per heavy atom.